The quantitative estimate of drug-likeness (QED) is 0.707. The van der Waals surface area contributed by atoms with Gasteiger partial charge in [-0.2, -0.15) is 4.99 Å². The van der Waals surface area contributed by atoms with Gasteiger partial charge in [0.05, 0.1) is 0 Å². The summed E-state index contributed by atoms with van der Waals surface area (Å²) >= 11 is 1.28. The van der Waals surface area contributed by atoms with E-state index >= 15 is 0 Å². The fourth-order valence-corrected chi connectivity index (χ4v) is 2.57. The lowest BCUT2D eigenvalue weighted by Gasteiger charge is -2.24. The lowest BCUT2D eigenvalue weighted by atomic mass is 9.96. The second kappa shape index (κ2) is 3.85. The highest BCUT2D eigenvalue weighted by Crippen LogP contribution is 2.31. The average Bonchev–Trinajstić information content (AvgIpc) is 2.78. The minimum Gasteiger partial charge on any atom is -0.273 e. The monoisotopic (exact) mass is 244 g/mol. The van der Waals surface area contributed by atoms with Crippen molar-refractivity contribution in [2.45, 2.75) is 5.92 Å². The van der Waals surface area contributed by atoms with E-state index in [1.165, 1.54) is 16.7 Å². The molecule has 1 unspecified atom stereocenters. The summed E-state index contributed by atoms with van der Waals surface area (Å²) in [6.07, 6.45) is 1.65. The number of hydrogen-bond acceptors (Lipinski definition) is 3. The van der Waals surface area contributed by atoms with Gasteiger partial charge in [-0.25, -0.2) is 0 Å². The van der Waals surface area contributed by atoms with Gasteiger partial charge in [0.2, 0.25) is 5.91 Å². The molecule has 0 bridgehead atoms. The number of carbonyl (C=O) groups excluding carboxylic acids is 2. The Morgan fingerprint density at radius 2 is 1.94 bits per heavy atom. The Balaban J connectivity index is 2.05. The zero-order chi connectivity index (χ0) is 11.8. The Hall–Kier alpha value is -1.88. The van der Waals surface area contributed by atoms with E-state index in [9.17, 15) is 9.59 Å². The summed E-state index contributed by atoms with van der Waals surface area (Å²) in [5.41, 5.74) is 0.690. The number of hydrogen-bond donors (Lipinski definition) is 0. The molecule has 0 saturated heterocycles. The van der Waals surface area contributed by atoms with Gasteiger partial charge >= 0.3 is 0 Å². The predicted molar refractivity (Wildman–Crippen MR) is 65.2 cm³/mol. The predicted octanol–water partition coefficient (Wildman–Crippen LogP) is 1.71. The molecule has 0 saturated carbocycles. The van der Waals surface area contributed by atoms with Gasteiger partial charge in [0, 0.05) is 6.20 Å². The van der Waals surface area contributed by atoms with Gasteiger partial charge in [-0.05, 0) is 11.0 Å². The first-order chi connectivity index (χ1) is 8.27. The standard InChI is InChI=1S/C12H8N2O2S/c15-10-9(8-4-2-1-3-5-8)11(16)14-6-7-17-12(14)13-10/h1-7,9H. The highest BCUT2D eigenvalue weighted by atomic mass is 32.2. The third kappa shape index (κ3) is 1.59. The summed E-state index contributed by atoms with van der Waals surface area (Å²) < 4.78 is 0. The van der Waals surface area contributed by atoms with E-state index in [-0.39, 0.29) is 11.8 Å². The van der Waals surface area contributed by atoms with Crippen LogP contribution in [0, 0.1) is 0 Å². The number of amides is 2. The first kappa shape index (κ1) is 10.3. The van der Waals surface area contributed by atoms with Crippen LogP contribution < -0.4 is 0 Å². The third-order valence-corrected chi connectivity index (χ3v) is 3.42. The molecule has 0 aliphatic carbocycles. The number of benzene rings is 1. The van der Waals surface area contributed by atoms with Crippen molar-refractivity contribution in [2.24, 2.45) is 4.99 Å². The zero-order valence-corrected chi connectivity index (χ0v) is 9.55. The van der Waals surface area contributed by atoms with Crippen LogP contribution in [0.5, 0.6) is 0 Å². The number of nitrogens with zero attached hydrogens (tertiary/aromatic N) is 2. The molecule has 4 nitrogen and oxygen atoms in total. The number of rotatable bonds is 1. The van der Waals surface area contributed by atoms with E-state index in [0.29, 0.717) is 10.7 Å². The highest BCUT2D eigenvalue weighted by molar-refractivity contribution is 8.16. The lowest BCUT2D eigenvalue weighted by molar-refractivity contribution is -0.134. The molecule has 1 aromatic carbocycles. The Bertz CT molecular complexity index is 551. The van der Waals surface area contributed by atoms with Gasteiger partial charge in [0.1, 0.15) is 5.92 Å². The molecule has 2 aliphatic rings. The Morgan fingerprint density at radius 1 is 1.18 bits per heavy atom. The minimum absolute atomic E-state index is 0.229. The van der Waals surface area contributed by atoms with Crippen molar-refractivity contribution in [3.63, 3.8) is 0 Å². The SMILES string of the molecule is O=C1N=C2SC=CN2C(=O)C1c1ccccc1. The van der Waals surface area contributed by atoms with Crippen LogP contribution in [0.4, 0.5) is 0 Å². The second-order valence-corrected chi connectivity index (χ2v) is 4.56. The highest BCUT2D eigenvalue weighted by Gasteiger charge is 2.39. The largest absolute Gasteiger partial charge is 0.273 e. The van der Waals surface area contributed by atoms with Crippen molar-refractivity contribution in [3.8, 4) is 0 Å². The maximum Gasteiger partial charge on any atom is 0.265 e. The average molecular weight is 244 g/mol. The normalized spacial score (nSPS) is 22.7. The molecule has 0 N–H and O–H groups in total. The fourth-order valence-electron chi connectivity index (χ4n) is 1.85. The Kier molecular flexibility index (Phi) is 2.33. The molecular weight excluding hydrogens is 236 g/mol. The van der Waals surface area contributed by atoms with Gasteiger partial charge in [0.15, 0.2) is 5.17 Å². The molecule has 2 heterocycles. The maximum absolute atomic E-state index is 12.2. The lowest BCUT2D eigenvalue weighted by Crippen LogP contribution is -2.40. The first-order valence-corrected chi connectivity index (χ1v) is 5.99. The number of aliphatic imine (C=N–C) groups is 1. The van der Waals surface area contributed by atoms with E-state index < -0.39 is 5.92 Å². The molecule has 0 aromatic heterocycles. The molecule has 1 atom stereocenters. The second-order valence-electron chi connectivity index (χ2n) is 3.69. The van der Waals surface area contributed by atoms with Gasteiger partial charge in [0.25, 0.3) is 5.91 Å². The Labute approximate surface area is 102 Å². The molecule has 5 heteroatoms. The summed E-state index contributed by atoms with van der Waals surface area (Å²) in [6.45, 7) is 0. The summed E-state index contributed by atoms with van der Waals surface area (Å²) in [5.74, 6) is -1.42. The van der Waals surface area contributed by atoms with Crippen molar-refractivity contribution in [1.82, 2.24) is 4.90 Å². The van der Waals surface area contributed by atoms with Crippen LogP contribution >= 0.6 is 11.8 Å². The van der Waals surface area contributed by atoms with Crippen LogP contribution in [0.1, 0.15) is 11.5 Å². The summed E-state index contributed by atoms with van der Waals surface area (Å²) in [4.78, 5) is 29.4. The molecule has 17 heavy (non-hydrogen) atoms. The molecule has 2 amide bonds. The summed E-state index contributed by atoms with van der Waals surface area (Å²) in [7, 11) is 0. The molecule has 0 radical (unpaired) electrons. The van der Waals surface area contributed by atoms with Gasteiger partial charge in [-0.3, -0.25) is 14.5 Å². The van der Waals surface area contributed by atoms with Crippen molar-refractivity contribution in [2.75, 3.05) is 0 Å². The third-order valence-electron chi connectivity index (χ3n) is 2.66. The van der Waals surface area contributed by atoms with Crippen LogP contribution in [0.25, 0.3) is 0 Å². The first-order valence-electron chi connectivity index (χ1n) is 5.11. The maximum atomic E-state index is 12.2. The zero-order valence-electron chi connectivity index (χ0n) is 8.74. The smallest absolute Gasteiger partial charge is 0.265 e. The van der Waals surface area contributed by atoms with E-state index in [4.69, 9.17) is 0 Å². The van der Waals surface area contributed by atoms with Crippen LogP contribution in [-0.4, -0.2) is 21.9 Å². The van der Waals surface area contributed by atoms with Crippen molar-refractivity contribution < 1.29 is 9.59 Å². The summed E-state index contributed by atoms with van der Waals surface area (Å²) in [6, 6.07) is 9.01. The Morgan fingerprint density at radius 3 is 2.71 bits per heavy atom. The fraction of sp³-hybridized carbons (Fsp3) is 0.0833. The number of thioether (sulfide) groups is 1. The van der Waals surface area contributed by atoms with Crippen molar-refractivity contribution in [1.29, 1.82) is 0 Å². The van der Waals surface area contributed by atoms with Gasteiger partial charge in [-0.15, -0.1) is 0 Å². The van der Waals surface area contributed by atoms with E-state index in [1.807, 2.05) is 18.2 Å². The molecule has 1 aromatic rings. The molecule has 0 fully saturated rings. The molecule has 0 spiro atoms. The minimum atomic E-state index is -0.803. The molecule has 2 aliphatic heterocycles. The van der Waals surface area contributed by atoms with E-state index in [2.05, 4.69) is 4.99 Å². The van der Waals surface area contributed by atoms with Crippen LogP contribution in [0.3, 0.4) is 0 Å². The van der Waals surface area contributed by atoms with E-state index in [1.54, 1.807) is 23.7 Å². The van der Waals surface area contributed by atoms with Crippen LogP contribution in [-0.2, 0) is 9.59 Å². The van der Waals surface area contributed by atoms with E-state index in [0.717, 1.165) is 0 Å². The number of amidine groups is 1. The van der Waals surface area contributed by atoms with Crippen LogP contribution in [0.2, 0.25) is 0 Å². The molecular formula is C12H8N2O2S. The number of carbonyl (C=O) groups is 2. The van der Waals surface area contributed by atoms with Crippen LogP contribution in [0.15, 0.2) is 46.9 Å². The van der Waals surface area contributed by atoms with Gasteiger partial charge in [-0.1, -0.05) is 42.1 Å². The summed E-state index contributed by atoms with van der Waals surface area (Å²) in [5, 5.41) is 2.20. The van der Waals surface area contributed by atoms with Crippen molar-refractivity contribution in [3.05, 3.63) is 47.5 Å². The topological polar surface area (TPSA) is 49.7 Å². The molecule has 3 rings (SSSR count). The number of fused-ring (bicyclic) bond motifs is 1. The van der Waals surface area contributed by atoms with Gasteiger partial charge < -0.3 is 0 Å². The van der Waals surface area contributed by atoms with Crippen molar-refractivity contribution >= 4 is 28.7 Å². The molecule has 84 valence electrons.